The largest absolute Gasteiger partial charge is 0.299 e. The third-order valence-corrected chi connectivity index (χ3v) is 3.05. The highest BCUT2D eigenvalue weighted by Crippen LogP contribution is 2.14. The number of Topliss-reactive ketones (excluding diaryl/α,β-unsaturated/α-hetero) is 1. The molecule has 0 heterocycles. The van der Waals surface area contributed by atoms with E-state index in [1.54, 1.807) is 12.1 Å². The normalized spacial score (nSPS) is 10.3. The maximum atomic E-state index is 11.9. The number of carbonyl (C=O) groups excluding carboxylic acids is 1. The summed E-state index contributed by atoms with van der Waals surface area (Å²) in [6, 6.07) is 14.7. The maximum Gasteiger partial charge on any atom is 0.141 e. The van der Waals surface area contributed by atoms with Gasteiger partial charge in [-0.15, -0.1) is 0 Å². The Hall–Kier alpha value is -1.31. The first kappa shape index (κ1) is 13.1. The topological polar surface area (TPSA) is 17.1 Å². The molecule has 0 saturated carbocycles. The number of ketones is 1. The Morgan fingerprint density at radius 3 is 1.67 bits per heavy atom. The second kappa shape index (κ2) is 6.03. The SMILES string of the molecule is O=C(Cc1cccc(Cl)c1)Cc1cccc(Cl)c1. The minimum absolute atomic E-state index is 0.152. The molecule has 0 N–H and O–H groups in total. The fourth-order valence-electron chi connectivity index (χ4n) is 1.81. The number of rotatable bonds is 4. The van der Waals surface area contributed by atoms with Gasteiger partial charge in [0.05, 0.1) is 0 Å². The van der Waals surface area contributed by atoms with Crippen molar-refractivity contribution < 1.29 is 4.79 Å². The average Bonchev–Trinajstić information content (AvgIpc) is 2.28. The van der Waals surface area contributed by atoms with Gasteiger partial charge in [0, 0.05) is 22.9 Å². The molecule has 1 nitrogen and oxygen atoms in total. The van der Waals surface area contributed by atoms with Crippen molar-refractivity contribution in [3.05, 3.63) is 69.7 Å². The van der Waals surface area contributed by atoms with Crippen molar-refractivity contribution in [2.75, 3.05) is 0 Å². The Labute approximate surface area is 116 Å². The zero-order valence-electron chi connectivity index (χ0n) is 9.70. The fourth-order valence-corrected chi connectivity index (χ4v) is 2.24. The van der Waals surface area contributed by atoms with Crippen LogP contribution in [0.4, 0.5) is 0 Å². The summed E-state index contributed by atoms with van der Waals surface area (Å²) < 4.78 is 0. The smallest absolute Gasteiger partial charge is 0.141 e. The summed E-state index contributed by atoms with van der Waals surface area (Å²) in [5, 5.41) is 1.31. The number of carbonyl (C=O) groups is 1. The molecule has 18 heavy (non-hydrogen) atoms. The van der Waals surface area contributed by atoms with Crippen molar-refractivity contribution in [3.63, 3.8) is 0 Å². The van der Waals surface area contributed by atoms with Crippen molar-refractivity contribution in [1.29, 1.82) is 0 Å². The predicted octanol–water partition coefficient (Wildman–Crippen LogP) is 4.35. The molecule has 0 atom stereocenters. The number of benzene rings is 2. The van der Waals surface area contributed by atoms with Crippen LogP contribution in [0.25, 0.3) is 0 Å². The van der Waals surface area contributed by atoms with Crippen molar-refractivity contribution in [1.82, 2.24) is 0 Å². The van der Waals surface area contributed by atoms with E-state index in [-0.39, 0.29) is 5.78 Å². The molecule has 2 aromatic rings. The highest BCUT2D eigenvalue weighted by atomic mass is 35.5. The summed E-state index contributed by atoms with van der Waals surface area (Å²) >= 11 is 11.8. The Bertz CT molecular complexity index is 514. The number of hydrogen-bond donors (Lipinski definition) is 0. The van der Waals surface area contributed by atoms with Gasteiger partial charge in [-0.25, -0.2) is 0 Å². The van der Waals surface area contributed by atoms with Crippen LogP contribution in [0.2, 0.25) is 10.0 Å². The lowest BCUT2D eigenvalue weighted by Crippen LogP contribution is -2.06. The molecule has 2 rings (SSSR count). The van der Waals surface area contributed by atoms with Crippen LogP contribution in [0, 0.1) is 0 Å². The van der Waals surface area contributed by atoms with E-state index in [1.165, 1.54) is 0 Å². The van der Waals surface area contributed by atoms with Gasteiger partial charge in [-0.3, -0.25) is 4.79 Å². The summed E-state index contributed by atoms with van der Waals surface area (Å²) in [6.45, 7) is 0. The summed E-state index contributed by atoms with van der Waals surface area (Å²) in [5.74, 6) is 0.152. The van der Waals surface area contributed by atoms with Crippen LogP contribution >= 0.6 is 23.2 Å². The van der Waals surface area contributed by atoms with Crippen LogP contribution in [0.3, 0.4) is 0 Å². The van der Waals surface area contributed by atoms with Gasteiger partial charge in [0.15, 0.2) is 0 Å². The third kappa shape index (κ3) is 3.86. The molecule has 0 aliphatic carbocycles. The van der Waals surface area contributed by atoms with Crippen molar-refractivity contribution >= 4 is 29.0 Å². The average molecular weight is 279 g/mol. The first-order valence-electron chi connectivity index (χ1n) is 5.64. The van der Waals surface area contributed by atoms with Gasteiger partial charge in [0.2, 0.25) is 0 Å². The molecule has 0 fully saturated rings. The molecule has 2 aromatic carbocycles. The second-order valence-electron chi connectivity index (χ2n) is 4.15. The van der Waals surface area contributed by atoms with E-state index in [2.05, 4.69) is 0 Å². The maximum absolute atomic E-state index is 11.9. The number of halogens is 2. The lowest BCUT2D eigenvalue weighted by Gasteiger charge is -2.03. The zero-order chi connectivity index (χ0) is 13.0. The van der Waals surface area contributed by atoms with Gasteiger partial charge in [-0.05, 0) is 35.4 Å². The summed E-state index contributed by atoms with van der Waals surface area (Å²) in [7, 11) is 0. The van der Waals surface area contributed by atoms with Crippen LogP contribution in [0.5, 0.6) is 0 Å². The Balaban J connectivity index is 2.01. The van der Waals surface area contributed by atoms with E-state index in [0.29, 0.717) is 22.9 Å². The van der Waals surface area contributed by atoms with E-state index >= 15 is 0 Å². The highest BCUT2D eigenvalue weighted by molar-refractivity contribution is 6.30. The van der Waals surface area contributed by atoms with Crippen LogP contribution in [0.15, 0.2) is 48.5 Å². The monoisotopic (exact) mass is 278 g/mol. The molecule has 0 saturated heterocycles. The first-order valence-corrected chi connectivity index (χ1v) is 6.39. The van der Waals surface area contributed by atoms with Gasteiger partial charge in [0.25, 0.3) is 0 Å². The minimum Gasteiger partial charge on any atom is -0.299 e. The van der Waals surface area contributed by atoms with Gasteiger partial charge in [-0.2, -0.15) is 0 Å². The Morgan fingerprint density at radius 2 is 1.28 bits per heavy atom. The van der Waals surface area contributed by atoms with Gasteiger partial charge in [0.1, 0.15) is 5.78 Å². The molecule has 0 spiro atoms. The Morgan fingerprint density at radius 1 is 0.833 bits per heavy atom. The van der Waals surface area contributed by atoms with Gasteiger partial charge < -0.3 is 0 Å². The Kier molecular flexibility index (Phi) is 4.40. The lowest BCUT2D eigenvalue weighted by atomic mass is 10.0. The zero-order valence-corrected chi connectivity index (χ0v) is 11.2. The van der Waals surface area contributed by atoms with Crippen LogP contribution in [0.1, 0.15) is 11.1 Å². The minimum atomic E-state index is 0.152. The first-order chi connectivity index (χ1) is 8.63. The summed E-state index contributed by atoms with van der Waals surface area (Å²) in [5.41, 5.74) is 1.88. The molecule has 0 radical (unpaired) electrons. The molecule has 0 unspecified atom stereocenters. The standard InChI is InChI=1S/C15H12Cl2O/c16-13-5-1-3-11(7-13)9-15(18)10-12-4-2-6-14(17)8-12/h1-8H,9-10H2. The number of hydrogen-bond acceptors (Lipinski definition) is 1. The van der Waals surface area contributed by atoms with Crippen LogP contribution < -0.4 is 0 Å². The molecule has 0 bridgehead atoms. The summed E-state index contributed by atoms with van der Waals surface area (Å²) in [6.07, 6.45) is 0.792. The van der Waals surface area contributed by atoms with Crippen molar-refractivity contribution in [3.8, 4) is 0 Å². The molecule has 92 valence electrons. The van der Waals surface area contributed by atoms with E-state index in [4.69, 9.17) is 23.2 Å². The van der Waals surface area contributed by atoms with E-state index in [0.717, 1.165) is 11.1 Å². The van der Waals surface area contributed by atoms with Crippen molar-refractivity contribution in [2.24, 2.45) is 0 Å². The van der Waals surface area contributed by atoms with Crippen LogP contribution in [-0.2, 0) is 17.6 Å². The van der Waals surface area contributed by atoms with E-state index in [9.17, 15) is 4.79 Å². The van der Waals surface area contributed by atoms with Crippen molar-refractivity contribution in [2.45, 2.75) is 12.8 Å². The fraction of sp³-hybridized carbons (Fsp3) is 0.133. The van der Waals surface area contributed by atoms with E-state index < -0.39 is 0 Å². The molecular weight excluding hydrogens is 267 g/mol. The third-order valence-electron chi connectivity index (χ3n) is 2.58. The molecule has 0 aliphatic rings. The lowest BCUT2D eigenvalue weighted by molar-refractivity contribution is -0.117. The second-order valence-corrected chi connectivity index (χ2v) is 5.02. The molecule has 3 heteroatoms. The molecule has 0 amide bonds. The molecular formula is C15H12Cl2O. The van der Waals surface area contributed by atoms with E-state index in [1.807, 2.05) is 36.4 Å². The molecule has 0 aromatic heterocycles. The van der Waals surface area contributed by atoms with Crippen LogP contribution in [-0.4, -0.2) is 5.78 Å². The highest BCUT2D eigenvalue weighted by Gasteiger charge is 2.06. The predicted molar refractivity (Wildman–Crippen MR) is 75.3 cm³/mol. The summed E-state index contributed by atoms with van der Waals surface area (Å²) in [4.78, 5) is 11.9. The molecule has 0 aliphatic heterocycles. The quantitative estimate of drug-likeness (QED) is 0.813. The van der Waals surface area contributed by atoms with Gasteiger partial charge >= 0.3 is 0 Å². The van der Waals surface area contributed by atoms with Gasteiger partial charge in [-0.1, -0.05) is 47.5 Å².